The van der Waals surface area contributed by atoms with Crippen LogP contribution in [0.4, 0.5) is 5.69 Å². The summed E-state index contributed by atoms with van der Waals surface area (Å²) < 4.78 is 0. The first kappa shape index (κ1) is 27.4. The number of aliphatic carboxylic acids is 4. The molecule has 1 fully saturated rings. The van der Waals surface area contributed by atoms with E-state index in [9.17, 15) is 0 Å². The van der Waals surface area contributed by atoms with Crippen LogP contribution in [0.5, 0.6) is 0 Å². The van der Waals surface area contributed by atoms with Crippen LogP contribution in [0.1, 0.15) is 11.1 Å². The summed E-state index contributed by atoms with van der Waals surface area (Å²) >= 11 is 5.94. The van der Waals surface area contributed by atoms with Crippen molar-refractivity contribution in [2.24, 2.45) is 0 Å². The number of nitrogens with zero attached hydrogens (tertiary/aromatic N) is 2. The van der Waals surface area contributed by atoms with Gasteiger partial charge in [0.1, 0.15) is 0 Å². The van der Waals surface area contributed by atoms with Crippen molar-refractivity contribution < 1.29 is 39.6 Å². The zero-order valence-electron chi connectivity index (χ0n) is 17.8. The molecule has 0 aromatic heterocycles. The Balaban J connectivity index is 0.000000377. The van der Waals surface area contributed by atoms with Crippen LogP contribution < -0.4 is 4.90 Å². The smallest absolute Gasteiger partial charge is 0.414 e. The van der Waals surface area contributed by atoms with Crippen LogP contribution in [0.3, 0.4) is 0 Å². The highest BCUT2D eigenvalue weighted by atomic mass is 35.5. The molecule has 1 saturated heterocycles. The van der Waals surface area contributed by atoms with Crippen molar-refractivity contribution >= 4 is 41.2 Å². The van der Waals surface area contributed by atoms with E-state index in [0.717, 1.165) is 37.7 Å². The fourth-order valence-electron chi connectivity index (χ4n) is 2.91. The second kappa shape index (κ2) is 13.7. The third kappa shape index (κ3) is 10.5. The molecule has 0 radical (unpaired) electrons. The van der Waals surface area contributed by atoms with Crippen LogP contribution in [-0.4, -0.2) is 75.4 Å². The number of hydrogen-bond acceptors (Lipinski definition) is 6. The predicted octanol–water partition coefficient (Wildman–Crippen LogP) is 2.28. The molecule has 0 unspecified atom stereocenters. The molecular weight excluding hydrogens is 456 g/mol. The van der Waals surface area contributed by atoms with Crippen LogP contribution in [0.2, 0.25) is 5.02 Å². The Morgan fingerprint density at radius 3 is 1.64 bits per heavy atom. The van der Waals surface area contributed by atoms with E-state index >= 15 is 0 Å². The van der Waals surface area contributed by atoms with Gasteiger partial charge in [0.05, 0.1) is 0 Å². The SMILES string of the molecule is Cc1ccccc1N1CCN(Cc2ccc(Cl)cc2)CC1.O=C(O)C(=O)O.O=C(O)C(=O)O. The van der Waals surface area contributed by atoms with Crippen molar-refractivity contribution in [2.45, 2.75) is 13.5 Å². The number of anilines is 1. The number of carbonyl (C=O) groups is 4. The fourth-order valence-corrected chi connectivity index (χ4v) is 3.04. The van der Waals surface area contributed by atoms with E-state index in [2.05, 4.69) is 53.1 Å². The lowest BCUT2D eigenvalue weighted by molar-refractivity contribution is -0.159. The van der Waals surface area contributed by atoms with Crippen molar-refractivity contribution in [1.29, 1.82) is 0 Å². The molecule has 11 heteroatoms. The number of carboxylic acids is 4. The molecule has 0 saturated carbocycles. The van der Waals surface area contributed by atoms with Crippen molar-refractivity contribution in [2.75, 3.05) is 31.1 Å². The summed E-state index contributed by atoms with van der Waals surface area (Å²) in [6, 6.07) is 16.8. The van der Waals surface area contributed by atoms with E-state index in [0.29, 0.717) is 0 Å². The number of piperazine rings is 1. The summed E-state index contributed by atoms with van der Waals surface area (Å²) in [5, 5.41) is 30.4. The Kier molecular flexibility index (Phi) is 11.4. The van der Waals surface area contributed by atoms with Crippen LogP contribution in [0.25, 0.3) is 0 Å². The third-order valence-electron chi connectivity index (χ3n) is 4.51. The molecule has 1 heterocycles. The monoisotopic (exact) mass is 480 g/mol. The summed E-state index contributed by atoms with van der Waals surface area (Å²) in [5.41, 5.74) is 4.08. The maximum Gasteiger partial charge on any atom is 0.414 e. The Morgan fingerprint density at radius 1 is 0.758 bits per heavy atom. The summed E-state index contributed by atoms with van der Waals surface area (Å²) in [7, 11) is 0. The third-order valence-corrected chi connectivity index (χ3v) is 4.77. The molecule has 2 aromatic rings. The molecule has 0 bridgehead atoms. The first-order chi connectivity index (χ1) is 15.5. The summed E-state index contributed by atoms with van der Waals surface area (Å²) in [6.45, 7) is 7.61. The van der Waals surface area contributed by atoms with Gasteiger partial charge in [-0.2, -0.15) is 0 Å². The van der Waals surface area contributed by atoms with Gasteiger partial charge in [0, 0.05) is 43.4 Å². The Labute approximate surface area is 195 Å². The van der Waals surface area contributed by atoms with Gasteiger partial charge in [-0.05, 0) is 36.2 Å². The molecule has 2 aromatic carbocycles. The molecule has 1 aliphatic heterocycles. The minimum absolute atomic E-state index is 0.808. The zero-order valence-corrected chi connectivity index (χ0v) is 18.6. The summed E-state index contributed by atoms with van der Waals surface area (Å²) in [6.07, 6.45) is 0. The van der Waals surface area contributed by atoms with Crippen LogP contribution in [0, 0.1) is 6.92 Å². The number of benzene rings is 2. The molecule has 0 spiro atoms. The highest BCUT2D eigenvalue weighted by Crippen LogP contribution is 2.21. The van der Waals surface area contributed by atoms with Crippen molar-refractivity contribution in [3.05, 3.63) is 64.7 Å². The lowest BCUT2D eigenvalue weighted by atomic mass is 10.1. The Morgan fingerprint density at radius 2 is 1.21 bits per heavy atom. The second-order valence-corrected chi connectivity index (χ2v) is 7.33. The first-order valence-corrected chi connectivity index (χ1v) is 10.1. The molecule has 0 amide bonds. The number of para-hydroxylation sites is 1. The van der Waals surface area contributed by atoms with Crippen molar-refractivity contribution in [1.82, 2.24) is 4.90 Å². The average Bonchev–Trinajstić information content (AvgIpc) is 2.77. The molecule has 10 nitrogen and oxygen atoms in total. The maximum absolute atomic E-state index is 9.10. The normalized spacial score (nSPS) is 13.0. The molecule has 3 rings (SSSR count). The van der Waals surface area contributed by atoms with E-state index in [-0.39, 0.29) is 0 Å². The largest absolute Gasteiger partial charge is 0.473 e. The number of aryl methyl sites for hydroxylation is 1. The minimum atomic E-state index is -1.82. The van der Waals surface area contributed by atoms with Gasteiger partial charge in [-0.25, -0.2) is 19.2 Å². The topological polar surface area (TPSA) is 156 Å². The average molecular weight is 481 g/mol. The van der Waals surface area contributed by atoms with E-state index < -0.39 is 23.9 Å². The van der Waals surface area contributed by atoms with Gasteiger partial charge in [0.25, 0.3) is 0 Å². The van der Waals surface area contributed by atoms with Crippen LogP contribution in [0.15, 0.2) is 48.5 Å². The van der Waals surface area contributed by atoms with E-state index in [1.165, 1.54) is 16.8 Å². The molecule has 178 valence electrons. The lowest BCUT2D eigenvalue weighted by Gasteiger charge is -2.36. The van der Waals surface area contributed by atoms with E-state index in [1.54, 1.807) is 0 Å². The van der Waals surface area contributed by atoms with Gasteiger partial charge < -0.3 is 25.3 Å². The summed E-state index contributed by atoms with van der Waals surface area (Å²) in [4.78, 5) is 41.4. The Hall–Kier alpha value is -3.63. The van der Waals surface area contributed by atoms with Crippen molar-refractivity contribution in [3.63, 3.8) is 0 Å². The van der Waals surface area contributed by atoms with Gasteiger partial charge >= 0.3 is 23.9 Å². The van der Waals surface area contributed by atoms with Gasteiger partial charge in [-0.3, -0.25) is 4.90 Å². The van der Waals surface area contributed by atoms with Gasteiger partial charge in [0.15, 0.2) is 0 Å². The quantitative estimate of drug-likeness (QED) is 0.480. The number of rotatable bonds is 3. The van der Waals surface area contributed by atoms with E-state index in [4.69, 9.17) is 51.2 Å². The second-order valence-electron chi connectivity index (χ2n) is 6.90. The number of halogens is 1. The molecule has 0 aliphatic carbocycles. The van der Waals surface area contributed by atoms with Crippen molar-refractivity contribution in [3.8, 4) is 0 Å². The zero-order chi connectivity index (χ0) is 25.0. The van der Waals surface area contributed by atoms with Gasteiger partial charge in [0.2, 0.25) is 0 Å². The summed E-state index contributed by atoms with van der Waals surface area (Å²) in [5.74, 6) is -7.30. The van der Waals surface area contributed by atoms with Crippen LogP contribution in [-0.2, 0) is 25.7 Å². The number of carboxylic acid groups (broad SMARTS) is 4. The molecule has 0 atom stereocenters. The van der Waals surface area contributed by atoms with E-state index in [1.807, 2.05) is 12.1 Å². The standard InChI is InChI=1S/C18H21ClN2.2C2H2O4/c1-15-4-2-3-5-18(15)21-12-10-20(11-13-21)14-16-6-8-17(19)9-7-16;2*3-1(4)2(5)6/h2-9H,10-14H2,1H3;2*(H,3,4)(H,5,6). The Bertz CT molecular complexity index is 909. The molecule has 4 N–H and O–H groups in total. The maximum atomic E-state index is 9.10. The van der Waals surface area contributed by atoms with Gasteiger partial charge in [-0.15, -0.1) is 0 Å². The molecular formula is C22H25ClN2O8. The molecule has 33 heavy (non-hydrogen) atoms. The lowest BCUT2D eigenvalue weighted by Crippen LogP contribution is -2.46. The van der Waals surface area contributed by atoms with Gasteiger partial charge in [-0.1, -0.05) is 41.9 Å². The number of hydrogen-bond donors (Lipinski definition) is 4. The highest BCUT2D eigenvalue weighted by molar-refractivity contribution is 6.30. The minimum Gasteiger partial charge on any atom is -0.473 e. The molecule has 1 aliphatic rings. The predicted molar refractivity (Wildman–Crippen MR) is 121 cm³/mol. The first-order valence-electron chi connectivity index (χ1n) is 9.71. The van der Waals surface area contributed by atoms with Crippen LogP contribution >= 0.6 is 11.6 Å². The fraction of sp³-hybridized carbons (Fsp3) is 0.273. The highest BCUT2D eigenvalue weighted by Gasteiger charge is 2.18.